The van der Waals surface area contributed by atoms with Crippen LogP contribution in [0.25, 0.3) is 0 Å². The lowest BCUT2D eigenvalue weighted by molar-refractivity contribution is 0.102. The normalized spacial score (nSPS) is 9.88. The average molecular weight is 323 g/mol. The molecule has 24 heavy (non-hydrogen) atoms. The topological polar surface area (TPSA) is 47.6 Å². The van der Waals surface area contributed by atoms with Crippen LogP contribution in [0.5, 0.6) is 11.5 Å². The first-order valence-electron chi connectivity index (χ1n) is 7.61. The van der Waals surface area contributed by atoms with E-state index in [4.69, 9.17) is 9.47 Å². The molecule has 0 aliphatic carbocycles. The van der Waals surface area contributed by atoms with Crippen molar-refractivity contribution in [3.8, 4) is 11.5 Å². The van der Waals surface area contributed by atoms with Gasteiger partial charge in [0.25, 0.3) is 5.91 Å². The van der Waals surface area contributed by atoms with E-state index in [-0.39, 0.29) is 5.91 Å². The third-order valence-electron chi connectivity index (χ3n) is 3.08. The number of ether oxygens (including phenoxy) is 2. The smallest absolute Gasteiger partial charge is 0.255 e. The largest absolute Gasteiger partial charge is 0.490 e. The van der Waals surface area contributed by atoms with Gasteiger partial charge in [-0.2, -0.15) is 0 Å². The standard InChI is InChI=1S/C20H21NO3/c1-4-13-23-18-9-5-16(6-10-18)20(22)21-17-7-11-19(12-8-17)24-14-15(2)3/h4-12H,1-2,13-14H2,3H3,(H,21,22). The zero-order valence-electron chi connectivity index (χ0n) is 13.7. The minimum Gasteiger partial charge on any atom is -0.490 e. The van der Waals surface area contributed by atoms with Crippen LogP contribution in [0.1, 0.15) is 17.3 Å². The number of rotatable bonds is 8. The first-order valence-corrected chi connectivity index (χ1v) is 7.61. The van der Waals surface area contributed by atoms with Gasteiger partial charge in [0.15, 0.2) is 0 Å². The Labute approximate surface area is 142 Å². The fourth-order valence-corrected chi connectivity index (χ4v) is 1.90. The van der Waals surface area contributed by atoms with Gasteiger partial charge in [0.2, 0.25) is 0 Å². The van der Waals surface area contributed by atoms with Crippen molar-refractivity contribution in [3.05, 3.63) is 78.9 Å². The van der Waals surface area contributed by atoms with Gasteiger partial charge in [-0.25, -0.2) is 0 Å². The summed E-state index contributed by atoms with van der Waals surface area (Å²) in [5.41, 5.74) is 2.21. The van der Waals surface area contributed by atoms with Crippen molar-refractivity contribution in [2.24, 2.45) is 0 Å². The van der Waals surface area contributed by atoms with Gasteiger partial charge in [0.1, 0.15) is 24.7 Å². The minimum absolute atomic E-state index is 0.180. The molecule has 0 spiro atoms. The van der Waals surface area contributed by atoms with Crippen LogP contribution < -0.4 is 14.8 Å². The molecule has 1 N–H and O–H groups in total. The predicted octanol–water partition coefficient (Wildman–Crippen LogP) is 4.46. The SMILES string of the molecule is C=CCOc1ccc(C(=O)Nc2ccc(OCC(=C)C)cc2)cc1. The van der Waals surface area contributed by atoms with E-state index in [1.807, 2.05) is 19.1 Å². The maximum absolute atomic E-state index is 12.2. The van der Waals surface area contributed by atoms with Crippen LogP contribution in [0.4, 0.5) is 5.69 Å². The fourth-order valence-electron chi connectivity index (χ4n) is 1.90. The molecule has 2 rings (SSSR count). The van der Waals surface area contributed by atoms with Crippen molar-refractivity contribution >= 4 is 11.6 Å². The molecule has 0 bridgehead atoms. The molecule has 1 amide bonds. The van der Waals surface area contributed by atoms with Crippen LogP contribution in [-0.2, 0) is 0 Å². The molecule has 0 unspecified atom stereocenters. The van der Waals surface area contributed by atoms with Gasteiger partial charge in [0.05, 0.1) is 0 Å². The molecule has 0 fully saturated rings. The Morgan fingerprint density at radius 1 is 1.04 bits per heavy atom. The molecule has 2 aromatic carbocycles. The second-order valence-corrected chi connectivity index (χ2v) is 5.35. The molecule has 0 aliphatic heterocycles. The van der Waals surface area contributed by atoms with Crippen molar-refractivity contribution < 1.29 is 14.3 Å². The van der Waals surface area contributed by atoms with Crippen LogP contribution >= 0.6 is 0 Å². The lowest BCUT2D eigenvalue weighted by atomic mass is 10.2. The Balaban J connectivity index is 1.93. The highest BCUT2D eigenvalue weighted by Crippen LogP contribution is 2.18. The zero-order valence-corrected chi connectivity index (χ0v) is 13.7. The molecular formula is C20H21NO3. The molecule has 0 atom stereocenters. The van der Waals surface area contributed by atoms with Crippen LogP contribution in [0, 0.1) is 0 Å². The van der Waals surface area contributed by atoms with Gasteiger partial charge in [-0.15, -0.1) is 0 Å². The fraction of sp³-hybridized carbons (Fsp3) is 0.150. The van der Waals surface area contributed by atoms with E-state index < -0.39 is 0 Å². The molecule has 0 aliphatic rings. The van der Waals surface area contributed by atoms with Crippen molar-refractivity contribution in [2.75, 3.05) is 18.5 Å². The van der Waals surface area contributed by atoms with Crippen molar-refractivity contribution in [1.29, 1.82) is 0 Å². The second kappa shape index (κ2) is 8.58. The third-order valence-corrected chi connectivity index (χ3v) is 3.08. The number of carbonyl (C=O) groups is 1. The van der Waals surface area contributed by atoms with Crippen LogP contribution in [0.2, 0.25) is 0 Å². The van der Waals surface area contributed by atoms with Gasteiger partial charge >= 0.3 is 0 Å². The summed E-state index contributed by atoms with van der Waals surface area (Å²) < 4.78 is 10.9. The van der Waals surface area contributed by atoms with Crippen LogP contribution in [-0.4, -0.2) is 19.1 Å². The average Bonchev–Trinajstić information content (AvgIpc) is 2.59. The second-order valence-electron chi connectivity index (χ2n) is 5.35. The molecule has 0 saturated heterocycles. The monoisotopic (exact) mass is 323 g/mol. The van der Waals surface area contributed by atoms with E-state index >= 15 is 0 Å². The van der Waals surface area contributed by atoms with Gasteiger partial charge < -0.3 is 14.8 Å². The molecule has 0 saturated carbocycles. The number of amides is 1. The van der Waals surface area contributed by atoms with E-state index in [1.54, 1.807) is 42.5 Å². The predicted molar refractivity (Wildman–Crippen MR) is 96.8 cm³/mol. The molecule has 2 aromatic rings. The highest BCUT2D eigenvalue weighted by Gasteiger charge is 2.06. The number of nitrogens with one attached hydrogen (secondary N) is 1. The minimum atomic E-state index is -0.180. The maximum atomic E-state index is 12.2. The Kier molecular flexibility index (Phi) is 6.20. The summed E-state index contributed by atoms with van der Waals surface area (Å²) >= 11 is 0. The van der Waals surface area contributed by atoms with Crippen molar-refractivity contribution in [2.45, 2.75) is 6.92 Å². The third kappa shape index (κ3) is 5.32. The number of carbonyl (C=O) groups excluding carboxylic acids is 1. The summed E-state index contributed by atoms with van der Waals surface area (Å²) in [5, 5.41) is 2.84. The van der Waals surface area contributed by atoms with Crippen LogP contribution in [0.3, 0.4) is 0 Å². The van der Waals surface area contributed by atoms with Crippen molar-refractivity contribution in [3.63, 3.8) is 0 Å². The zero-order chi connectivity index (χ0) is 17.4. The van der Waals surface area contributed by atoms with Gasteiger partial charge in [-0.3, -0.25) is 4.79 Å². The number of hydrogen-bond donors (Lipinski definition) is 1. The highest BCUT2D eigenvalue weighted by atomic mass is 16.5. The number of benzene rings is 2. The first kappa shape index (κ1) is 17.3. The Morgan fingerprint density at radius 3 is 2.21 bits per heavy atom. The summed E-state index contributed by atoms with van der Waals surface area (Å²) in [4.78, 5) is 12.2. The molecule has 4 heteroatoms. The van der Waals surface area contributed by atoms with Crippen molar-refractivity contribution in [1.82, 2.24) is 0 Å². The molecule has 0 heterocycles. The first-order chi connectivity index (χ1) is 11.6. The van der Waals surface area contributed by atoms with Gasteiger partial charge in [0, 0.05) is 11.3 Å². The van der Waals surface area contributed by atoms with Crippen LogP contribution in [0.15, 0.2) is 73.3 Å². The Bertz CT molecular complexity index is 703. The van der Waals surface area contributed by atoms with Gasteiger partial charge in [-0.05, 0) is 61.0 Å². The van der Waals surface area contributed by atoms with E-state index in [0.717, 1.165) is 11.3 Å². The number of anilines is 1. The summed E-state index contributed by atoms with van der Waals surface area (Å²) in [6.45, 7) is 10.2. The van der Waals surface area contributed by atoms with E-state index in [1.165, 1.54) is 0 Å². The summed E-state index contributed by atoms with van der Waals surface area (Å²) in [7, 11) is 0. The molecule has 0 aromatic heterocycles. The Hall–Kier alpha value is -3.01. The van der Waals surface area contributed by atoms with E-state index in [9.17, 15) is 4.79 Å². The summed E-state index contributed by atoms with van der Waals surface area (Å²) in [6.07, 6.45) is 1.67. The van der Waals surface area contributed by atoms with Gasteiger partial charge in [-0.1, -0.05) is 19.2 Å². The summed E-state index contributed by atoms with van der Waals surface area (Å²) in [6, 6.07) is 14.2. The lowest BCUT2D eigenvalue weighted by Gasteiger charge is -2.09. The molecule has 124 valence electrons. The molecule has 4 nitrogen and oxygen atoms in total. The maximum Gasteiger partial charge on any atom is 0.255 e. The molecular weight excluding hydrogens is 302 g/mol. The van der Waals surface area contributed by atoms with E-state index in [2.05, 4.69) is 18.5 Å². The lowest BCUT2D eigenvalue weighted by Crippen LogP contribution is -2.11. The quantitative estimate of drug-likeness (QED) is 0.730. The molecule has 0 radical (unpaired) electrons. The Morgan fingerprint density at radius 2 is 1.62 bits per heavy atom. The van der Waals surface area contributed by atoms with E-state index in [0.29, 0.717) is 30.2 Å². The summed E-state index contributed by atoms with van der Waals surface area (Å²) in [5.74, 6) is 1.26. The highest BCUT2D eigenvalue weighted by molar-refractivity contribution is 6.04. The number of hydrogen-bond acceptors (Lipinski definition) is 3.